The summed E-state index contributed by atoms with van der Waals surface area (Å²) < 4.78 is 10.5. The first-order valence-electron chi connectivity index (χ1n) is 8.10. The molecule has 0 rings (SSSR count). The highest BCUT2D eigenvalue weighted by molar-refractivity contribution is 5.78. The van der Waals surface area contributed by atoms with Crippen LogP contribution in [-0.4, -0.2) is 51.3 Å². The molecule has 0 fully saturated rings. The molecule has 0 saturated carbocycles. The van der Waals surface area contributed by atoms with Gasteiger partial charge in [-0.2, -0.15) is 0 Å². The fourth-order valence-electron chi connectivity index (χ4n) is 1.47. The third-order valence-electron chi connectivity index (χ3n) is 2.91. The Morgan fingerprint density at radius 3 is 1.45 bits per heavy atom. The SMILES string of the molecule is CC(C)CCOCC(=O)NCCNC(=O)COCCC(C)C. The maximum absolute atomic E-state index is 11.4. The van der Waals surface area contributed by atoms with E-state index in [0.29, 0.717) is 38.1 Å². The summed E-state index contributed by atoms with van der Waals surface area (Å²) in [5.74, 6) is 0.819. The van der Waals surface area contributed by atoms with Crippen molar-refractivity contribution in [1.29, 1.82) is 0 Å². The van der Waals surface area contributed by atoms with Gasteiger partial charge in [-0.05, 0) is 24.7 Å². The van der Waals surface area contributed by atoms with Crippen LogP contribution in [0.2, 0.25) is 0 Å². The topological polar surface area (TPSA) is 76.7 Å². The second-order valence-electron chi connectivity index (χ2n) is 6.17. The van der Waals surface area contributed by atoms with Crippen molar-refractivity contribution in [1.82, 2.24) is 10.6 Å². The van der Waals surface area contributed by atoms with Crippen LogP contribution in [0.25, 0.3) is 0 Å². The van der Waals surface area contributed by atoms with Crippen LogP contribution in [0.1, 0.15) is 40.5 Å². The summed E-state index contributed by atoms with van der Waals surface area (Å²) in [7, 11) is 0. The summed E-state index contributed by atoms with van der Waals surface area (Å²) in [4.78, 5) is 22.9. The van der Waals surface area contributed by atoms with Crippen LogP contribution in [0.15, 0.2) is 0 Å². The Balaban J connectivity index is 3.39. The zero-order valence-corrected chi connectivity index (χ0v) is 14.4. The van der Waals surface area contributed by atoms with Crippen molar-refractivity contribution >= 4 is 11.8 Å². The quantitative estimate of drug-likeness (QED) is 0.503. The van der Waals surface area contributed by atoms with Gasteiger partial charge in [0.15, 0.2) is 0 Å². The molecule has 0 aromatic heterocycles. The highest BCUT2D eigenvalue weighted by Gasteiger charge is 2.04. The average Bonchev–Trinajstić information content (AvgIpc) is 2.44. The average molecular weight is 316 g/mol. The van der Waals surface area contributed by atoms with E-state index in [0.717, 1.165) is 12.8 Å². The number of amides is 2. The molecule has 0 bridgehead atoms. The number of nitrogens with one attached hydrogen (secondary N) is 2. The van der Waals surface area contributed by atoms with Crippen LogP contribution in [-0.2, 0) is 19.1 Å². The molecule has 0 spiro atoms. The van der Waals surface area contributed by atoms with Gasteiger partial charge in [-0.1, -0.05) is 27.7 Å². The first-order valence-corrected chi connectivity index (χ1v) is 8.10. The minimum absolute atomic E-state index is 0.0684. The molecule has 0 heterocycles. The molecule has 0 radical (unpaired) electrons. The fourth-order valence-corrected chi connectivity index (χ4v) is 1.47. The van der Waals surface area contributed by atoms with E-state index in [2.05, 4.69) is 38.3 Å². The number of ether oxygens (including phenoxy) is 2. The van der Waals surface area contributed by atoms with Crippen LogP contribution in [0.4, 0.5) is 0 Å². The molecular formula is C16H32N2O4. The van der Waals surface area contributed by atoms with Gasteiger partial charge in [-0.25, -0.2) is 0 Å². The third kappa shape index (κ3) is 15.3. The van der Waals surface area contributed by atoms with Gasteiger partial charge in [0.25, 0.3) is 0 Å². The van der Waals surface area contributed by atoms with E-state index in [1.165, 1.54) is 0 Å². The fraction of sp³-hybridized carbons (Fsp3) is 0.875. The number of rotatable bonds is 13. The van der Waals surface area contributed by atoms with Crippen molar-refractivity contribution in [2.45, 2.75) is 40.5 Å². The lowest BCUT2D eigenvalue weighted by molar-refractivity contribution is -0.127. The van der Waals surface area contributed by atoms with E-state index >= 15 is 0 Å². The number of carbonyl (C=O) groups excluding carboxylic acids is 2. The number of hydrogen-bond donors (Lipinski definition) is 2. The normalized spacial score (nSPS) is 11.0. The molecule has 6 heteroatoms. The lowest BCUT2D eigenvalue weighted by Crippen LogP contribution is -2.37. The van der Waals surface area contributed by atoms with Gasteiger partial charge < -0.3 is 20.1 Å². The van der Waals surface area contributed by atoms with Crippen LogP contribution < -0.4 is 10.6 Å². The minimum atomic E-state index is -0.161. The monoisotopic (exact) mass is 316 g/mol. The minimum Gasteiger partial charge on any atom is -0.372 e. The van der Waals surface area contributed by atoms with Crippen LogP contribution in [0, 0.1) is 11.8 Å². The predicted octanol–water partition coefficient (Wildman–Crippen LogP) is 1.34. The summed E-state index contributed by atoms with van der Waals surface area (Å²) in [6.45, 7) is 10.5. The Hall–Kier alpha value is -1.14. The Morgan fingerprint density at radius 2 is 1.14 bits per heavy atom. The summed E-state index contributed by atoms with van der Waals surface area (Å²) in [5, 5.41) is 5.38. The zero-order valence-electron chi connectivity index (χ0n) is 14.4. The second-order valence-corrected chi connectivity index (χ2v) is 6.17. The van der Waals surface area contributed by atoms with Crippen molar-refractivity contribution < 1.29 is 19.1 Å². The van der Waals surface area contributed by atoms with Crippen molar-refractivity contribution in [3.8, 4) is 0 Å². The van der Waals surface area contributed by atoms with E-state index < -0.39 is 0 Å². The maximum Gasteiger partial charge on any atom is 0.246 e. The molecule has 2 amide bonds. The summed E-state index contributed by atoms with van der Waals surface area (Å²) in [6, 6.07) is 0. The zero-order chi connectivity index (χ0) is 16.8. The Morgan fingerprint density at radius 1 is 0.773 bits per heavy atom. The molecule has 22 heavy (non-hydrogen) atoms. The molecule has 0 atom stereocenters. The predicted molar refractivity (Wildman–Crippen MR) is 86.6 cm³/mol. The van der Waals surface area contributed by atoms with Gasteiger partial charge in [-0.15, -0.1) is 0 Å². The van der Waals surface area contributed by atoms with E-state index in [1.807, 2.05) is 0 Å². The number of carbonyl (C=O) groups is 2. The first kappa shape index (κ1) is 20.9. The van der Waals surface area contributed by atoms with Crippen LogP contribution in [0.5, 0.6) is 0 Å². The van der Waals surface area contributed by atoms with Crippen molar-refractivity contribution in [3.63, 3.8) is 0 Å². The molecular weight excluding hydrogens is 284 g/mol. The first-order chi connectivity index (χ1) is 10.4. The van der Waals surface area contributed by atoms with Gasteiger partial charge in [0.05, 0.1) is 0 Å². The van der Waals surface area contributed by atoms with Gasteiger partial charge in [0, 0.05) is 26.3 Å². The largest absolute Gasteiger partial charge is 0.372 e. The lowest BCUT2D eigenvalue weighted by Gasteiger charge is -2.09. The number of hydrogen-bond acceptors (Lipinski definition) is 4. The molecule has 0 aromatic rings. The van der Waals surface area contributed by atoms with E-state index in [1.54, 1.807) is 0 Å². The highest BCUT2D eigenvalue weighted by Crippen LogP contribution is 1.98. The molecule has 6 nitrogen and oxygen atoms in total. The van der Waals surface area contributed by atoms with Crippen LogP contribution >= 0.6 is 0 Å². The highest BCUT2D eigenvalue weighted by atomic mass is 16.5. The van der Waals surface area contributed by atoms with E-state index in [-0.39, 0.29) is 25.0 Å². The third-order valence-corrected chi connectivity index (χ3v) is 2.91. The molecule has 0 unspecified atom stereocenters. The van der Waals surface area contributed by atoms with Gasteiger partial charge in [0.1, 0.15) is 13.2 Å². The smallest absolute Gasteiger partial charge is 0.246 e. The van der Waals surface area contributed by atoms with Crippen molar-refractivity contribution in [2.75, 3.05) is 39.5 Å². The Labute approximate surface area is 134 Å². The van der Waals surface area contributed by atoms with Gasteiger partial charge in [-0.3, -0.25) is 9.59 Å². The molecule has 0 aromatic carbocycles. The Bertz CT molecular complexity index is 277. The standard InChI is InChI=1S/C16H32N2O4/c1-13(2)5-9-21-11-15(19)17-7-8-18-16(20)12-22-10-6-14(3)4/h13-14H,5-12H2,1-4H3,(H,17,19)(H,18,20). The summed E-state index contributed by atoms with van der Waals surface area (Å²) in [6.07, 6.45) is 1.89. The van der Waals surface area contributed by atoms with Gasteiger partial charge >= 0.3 is 0 Å². The summed E-state index contributed by atoms with van der Waals surface area (Å²) in [5.41, 5.74) is 0. The maximum atomic E-state index is 11.4. The summed E-state index contributed by atoms with van der Waals surface area (Å²) >= 11 is 0. The molecule has 0 aliphatic rings. The van der Waals surface area contributed by atoms with E-state index in [9.17, 15) is 9.59 Å². The van der Waals surface area contributed by atoms with Crippen LogP contribution in [0.3, 0.4) is 0 Å². The van der Waals surface area contributed by atoms with Crippen molar-refractivity contribution in [2.24, 2.45) is 11.8 Å². The molecule has 0 aliphatic heterocycles. The van der Waals surface area contributed by atoms with Crippen molar-refractivity contribution in [3.05, 3.63) is 0 Å². The Kier molecular flexibility index (Phi) is 12.8. The molecule has 0 aliphatic carbocycles. The van der Waals surface area contributed by atoms with E-state index in [4.69, 9.17) is 9.47 Å². The van der Waals surface area contributed by atoms with Gasteiger partial charge in [0.2, 0.25) is 11.8 Å². The lowest BCUT2D eigenvalue weighted by atomic mass is 10.1. The molecule has 0 saturated heterocycles. The molecule has 2 N–H and O–H groups in total. The molecule has 130 valence electrons. The second kappa shape index (κ2) is 13.5.